The van der Waals surface area contributed by atoms with Crippen molar-refractivity contribution in [2.75, 3.05) is 37.7 Å². The maximum atomic E-state index is 11.9. The van der Waals surface area contributed by atoms with Gasteiger partial charge in [0.1, 0.15) is 0 Å². The molecule has 0 radical (unpaired) electrons. The Kier molecular flexibility index (Phi) is 5.18. The zero-order chi connectivity index (χ0) is 15.2. The van der Waals surface area contributed by atoms with E-state index in [4.69, 9.17) is 4.74 Å². The molecular formula is C15H23N5O2. The lowest BCUT2D eigenvalue weighted by atomic mass is 10.1. The largest absolute Gasteiger partial charge is 0.378 e. The molecule has 7 nitrogen and oxygen atoms in total. The van der Waals surface area contributed by atoms with E-state index in [9.17, 15) is 4.79 Å². The fourth-order valence-electron chi connectivity index (χ4n) is 2.74. The molecule has 22 heavy (non-hydrogen) atoms. The van der Waals surface area contributed by atoms with Gasteiger partial charge in [0, 0.05) is 44.1 Å². The second-order valence-corrected chi connectivity index (χ2v) is 5.71. The van der Waals surface area contributed by atoms with E-state index in [-0.39, 0.29) is 11.9 Å². The van der Waals surface area contributed by atoms with Crippen molar-refractivity contribution >= 4 is 11.9 Å². The summed E-state index contributed by atoms with van der Waals surface area (Å²) in [5.74, 6) is 0.850. The first-order valence-electron chi connectivity index (χ1n) is 7.97. The number of hydrogen-bond acceptors (Lipinski definition) is 6. The van der Waals surface area contributed by atoms with Gasteiger partial charge in [0.2, 0.25) is 11.9 Å². The van der Waals surface area contributed by atoms with Crippen LogP contribution in [0.4, 0.5) is 5.95 Å². The number of hydrogen-bond donors (Lipinski definition) is 2. The summed E-state index contributed by atoms with van der Waals surface area (Å²) in [5.41, 5.74) is 0.994. The maximum Gasteiger partial charge on any atom is 0.237 e. The number of aromatic nitrogens is 2. The van der Waals surface area contributed by atoms with E-state index >= 15 is 0 Å². The quantitative estimate of drug-likeness (QED) is 0.820. The summed E-state index contributed by atoms with van der Waals surface area (Å²) in [6.07, 6.45) is 6.68. The lowest BCUT2D eigenvalue weighted by molar-refractivity contribution is -0.122. The highest BCUT2D eigenvalue weighted by molar-refractivity contribution is 5.81. The van der Waals surface area contributed by atoms with Gasteiger partial charge in [-0.15, -0.1) is 0 Å². The molecule has 1 amide bonds. The van der Waals surface area contributed by atoms with Gasteiger partial charge in [0.05, 0.1) is 19.3 Å². The van der Waals surface area contributed by atoms with Gasteiger partial charge in [-0.1, -0.05) is 0 Å². The molecule has 1 aromatic heterocycles. The minimum Gasteiger partial charge on any atom is -0.378 e. The number of carbonyl (C=O) groups is 1. The van der Waals surface area contributed by atoms with Crippen LogP contribution in [0.3, 0.4) is 0 Å². The first-order valence-corrected chi connectivity index (χ1v) is 7.97. The summed E-state index contributed by atoms with van der Waals surface area (Å²) in [5, 5.41) is 6.23. The van der Waals surface area contributed by atoms with E-state index in [2.05, 4.69) is 25.5 Å². The molecule has 0 spiro atoms. The van der Waals surface area contributed by atoms with E-state index < -0.39 is 0 Å². The Morgan fingerprint density at radius 3 is 2.82 bits per heavy atom. The third-order valence-electron chi connectivity index (χ3n) is 4.07. The Bertz CT molecular complexity index is 487. The second kappa shape index (κ2) is 7.51. The van der Waals surface area contributed by atoms with Crippen LogP contribution in [0.25, 0.3) is 0 Å². The Hall–Kier alpha value is -1.73. The molecule has 0 aliphatic carbocycles. The average molecular weight is 305 g/mol. The van der Waals surface area contributed by atoms with Crippen molar-refractivity contribution in [2.45, 2.75) is 31.8 Å². The van der Waals surface area contributed by atoms with Crippen LogP contribution in [-0.4, -0.2) is 54.8 Å². The summed E-state index contributed by atoms with van der Waals surface area (Å²) in [6.45, 7) is 4.52. The van der Waals surface area contributed by atoms with Crippen molar-refractivity contribution in [1.29, 1.82) is 0 Å². The number of carbonyl (C=O) groups excluding carboxylic acids is 1. The SMILES string of the molecule is O=C1NCCCC[C@H]1NCc1cnc(N2CCOCC2)nc1. The molecule has 2 fully saturated rings. The van der Waals surface area contributed by atoms with Crippen LogP contribution in [0.5, 0.6) is 0 Å². The Morgan fingerprint density at radius 1 is 1.27 bits per heavy atom. The normalized spacial score (nSPS) is 23.0. The van der Waals surface area contributed by atoms with Crippen molar-refractivity contribution in [1.82, 2.24) is 20.6 Å². The number of ether oxygens (including phenoxy) is 1. The lowest BCUT2D eigenvalue weighted by Gasteiger charge is -2.26. The predicted octanol–water partition coefficient (Wildman–Crippen LogP) is 0.0715. The molecule has 120 valence electrons. The molecule has 3 heterocycles. The highest BCUT2D eigenvalue weighted by Gasteiger charge is 2.20. The van der Waals surface area contributed by atoms with Crippen molar-refractivity contribution in [2.24, 2.45) is 0 Å². The zero-order valence-electron chi connectivity index (χ0n) is 12.8. The molecule has 2 aliphatic heterocycles. The standard InChI is InChI=1S/C15H23N5O2/c21-14-13(3-1-2-4-16-14)17-9-12-10-18-15(19-11-12)20-5-7-22-8-6-20/h10-11,13,17H,1-9H2,(H,16,21)/t13-/m1/s1. The number of rotatable bonds is 4. The summed E-state index contributed by atoms with van der Waals surface area (Å²) in [4.78, 5) is 22.8. The third-order valence-corrected chi connectivity index (χ3v) is 4.07. The van der Waals surface area contributed by atoms with Gasteiger partial charge >= 0.3 is 0 Å². The van der Waals surface area contributed by atoms with Gasteiger partial charge in [0.25, 0.3) is 0 Å². The van der Waals surface area contributed by atoms with E-state index in [1.54, 1.807) is 0 Å². The molecular weight excluding hydrogens is 282 g/mol. The second-order valence-electron chi connectivity index (χ2n) is 5.71. The molecule has 1 aromatic rings. The van der Waals surface area contributed by atoms with E-state index in [1.165, 1.54) is 0 Å². The van der Waals surface area contributed by atoms with Gasteiger partial charge < -0.3 is 20.3 Å². The van der Waals surface area contributed by atoms with E-state index in [1.807, 2.05) is 12.4 Å². The van der Waals surface area contributed by atoms with Crippen molar-refractivity contribution in [3.8, 4) is 0 Å². The molecule has 2 N–H and O–H groups in total. The van der Waals surface area contributed by atoms with Crippen LogP contribution in [0, 0.1) is 0 Å². The molecule has 2 saturated heterocycles. The fourth-order valence-corrected chi connectivity index (χ4v) is 2.74. The smallest absolute Gasteiger partial charge is 0.237 e. The summed E-state index contributed by atoms with van der Waals surface area (Å²) in [7, 11) is 0. The average Bonchev–Trinajstić information content (AvgIpc) is 2.78. The van der Waals surface area contributed by atoms with Crippen LogP contribution in [0.1, 0.15) is 24.8 Å². The van der Waals surface area contributed by atoms with Crippen LogP contribution >= 0.6 is 0 Å². The molecule has 0 saturated carbocycles. The fraction of sp³-hybridized carbons (Fsp3) is 0.667. The zero-order valence-corrected chi connectivity index (χ0v) is 12.8. The predicted molar refractivity (Wildman–Crippen MR) is 82.6 cm³/mol. The van der Waals surface area contributed by atoms with E-state index in [0.717, 1.165) is 63.6 Å². The highest BCUT2D eigenvalue weighted by atomic mass is 16.5. The highest BCUT2D eigenvalue weighted by Crippen LogP contribution is 2.10. The molecule has 0 unspecified atom stereocenters. The van der Waals surface area contributed by atoms with Gasteiger partial charge in [-0.3, -0.25) is 4.79 Å². The molecule has 3 rings (SSSR count). The van der Waals surface area contributed by atoms with Crippen molar-refractivity contribution in [3.05, 3.63) is 18.0 Å². The molecule has 0 aromatic carbocycles. The lowest BCUT2D eigenvalue weighted by Crippen LogP contribution is -2.42. The number of nitrogens with zero attached hydrogens (tertiary/aromatic N) is 3. The number of amides is 1. The van der Waals surface area contributed by atoms with Gasteiger partial charge in [-0.25, -0.2) is 9.97 Å². The monoisotopic (exact) mass is 305 g/mol. The summed E-state index contributed by atoms with van der Waals surface area (Å²) < 4.78 is 5.33. The minimum absolute atomic E-state index is 0.100. The van der Waals surface area contributed by atoms with Gasteiger partial charge in [0.15, 0.2) is 0 Å². The molecule has 0 bridgehead atoms. The third kappa shape index (κ3) is 3.92. The Morgan fingerprint density at radius 2 is 2.05 bits per heavy atom. The summed E-state index contributed by atoms with van der Waals surface area (Å²) in [6, 6.07) is -0.110. The molecule has 7 heteroatoms. The van der Waals surface area contributed by atoms with Gasteiger partial charge in [-0.2, -0.15) is 0 Å². The summed E-state index contributed by atoms with van der Waals surface area (Å²) >= 11 is 0. The van der Waals surface area contributed by atoms with Gasteiger partial charge in [-0.05, 0) is 19.3 Å². The van der Waals surface area contributed by atoms with Crippen molar-refractivity contribution in [3.63, 3.8) is 0 Å². The number of nitrogens with one attached hydrogen (secondary N) is 2. The molecule has 2 aliphatic rings. The number of anilines is 1. The van der Waals surface area contributed by atoms with Crippen LogP contribution < -0.4 is 15.5 Å². The first kappa shape index (κ1) is 15.2. The number of morpholine rings is 1. The minimum atomic E-state index is -0.110. The topological polar surface area (TPSA) is 79.4 Å². The first-order chi connectivity index (χ1) is 10.8. The van der Waals surface area contributed by atoms with Crippen LogP contribution in [0.2, 0.25) is 0 Å². The Labute approximate surface area is 130 Å². The van der Waals surface area contributed by atoms with Crippen LogP contribution in [-0.2, 0) is 16.1 Å². The van der Waals surface area contributed by atoms with E-state index in [0.29, 0.717) is 6.54 Å². The Balaban J connectivity index is 1.53. The van der Waals surface area contributed by atoms with Crippen molar-refractivity contribution < 1.29 is 9.53 Å². The maximum absolute atomic E-state index is 11.9. The molecule has 1 atom stereocenters. The van der Waals surface area contributed by atoms with Crippen LogP contribution in [0.15, 0.2) is 12.4 Å².